The van der Waals surface area contributed by atoms with E-state index in [1.165, 1.54) is 24.0 Å². The number of phenolic OH excluding ortho intramolecular Hbond substituents is 1. The summed E-state index contributed by atoms with van der Waals surface area (Å²) in [7, 11) is 2.17. The first-order valence-electron chi connectivity index (χ1n) is 9.79. The standard InChI is InChI=1S/C22H26N4O/c1-3-15-10-11-19(20(27)13-15)21-17-8-4-5-9-18(17)22(25-24-21)23-16-7-6-12-26(2)14-16/h1,10-11,13,16,27H,4-9,12,14H2,2H3,(H,23,25). The molecule has 1 unspecified atom stereocenters. The van der Waals surface area contributed by atoms with Crippen LogP contribution in [0.25, 0.3) is 11.3 Å². The first-order chi connectivity index (χ1) is 13.2. The minimum Gasteiger partial charge on any atom is -0.507 e. The van der Waals surface area contributed by atoms with Gasteiger partial charge in [-0.1, -0.05) is 5.92 Å². The molecular formula is C22H26N4O. The Balaban J connectivity index is 1.70. The van der Waals surface area contributed by atoms with Gasteiger partial charge < -0.3 is 15.3 Å². The maximum Gasteiger partial charge on any atom is 0.152 e. The Labute approximate surface area is 160 Å². The minimum absolute atomic E-state index is 0.169. The molecule has 2 N–H and O–H groups in total. The lowest BCUT2D eigenvalue weighted by Gasteiger charge is -2.31. The second-order valence-electron chi connectivity index (χ2n) is 7.68. The first kappa shape index (κ1) is 17.8. The van der Waals surface area contributed by atoms with Crippen LogP contribution in [0.1, 0.15) is 42.4 Å². The summed E-state index contributed by atoms with van der Waals surface area (Å²) in [6.45, 7) is 2.19. The fraction of sp³-hybridized carbons (Fsp3) is 0.455. The zero-order valence-corrected chi connectivity index (χ0v) is 15.8. The normalized spacial score (nSPS) is 19.9. The number of terminal acetylenes is 1. The topological polar surface area (TPSA) is 61.3 Å². The van der Waals surface area contributed by atoms with Gasteiger partial charge in [-0.3, -0.25) is 0 Å². The zero-order valence-electron chi connectivity index (χ0n) is 15.8. The van der Waals surface area contributed by atoms with E-state index in [0.717, 1.165) is 50.3 Å². The molecule has 0 bridgehead atoms. The minimum atomic E-state index is 0.169. The molecule has 27 heavy (non-hydrogen) atoms. The zero-order chi connectivity index (χ0) is 18.8. The van der Waals surface area contributed by atoms with Crippen LogP contribution >= 0.6 is 0 Å². The van der Waals surface area contributed by atoms with Crippen molar-refractivity contribution in [3.8, 4) is 29.4 Å². The number of aromatic nitrogens is 2. The van der Waals surface area contributed by atoms with Crippen LogP contribution in [-0.2, 0) is 12.8 Å². The highest BCUT2D eigenvalue weighted by Crippen LogP contribution is 2.37. The highest BCUT2D eigenvalue weighted by atomic mass is 16.3. The molecular weight excluding hydrogens is 336 g/mol. The van der Waals surface area contributed by atoms with E-state index in [-0.39, 0.29) is 5.75 Å². The lowest BCUT2D eigenvalue weighted by atomic mass is 9.88. The number of anilines is 1. The summed E-state index contributed by atoms with van der Waals surface area (Å²) in [5.41, 5.74) is 4.64. The quantitative estimate of drug-likeness (QED) is 0.821. The van der Waals surface area contributed by atoms with Gasteiger partial charge in [0.2, 0.25) is 0 Å². The summed E-state index contributed by atoms with van der Waals surface area (Å²) in [5.74, 6) is 3.65. The number of piperidine rings is 1. The van der Waals surface area contributed by atoms with E-state index in [9.17, 15) is 5.11 Å². The van der Waals surface area contributed by atoms with Gasteiger partial charge in [0.15, 0.2) is 5.82 Å². The Hall–Kier alpha value is -2.58. The second kappa shape index (κ2) is 7.58. The number of fused-ring (bicyclic) bond motifs is 1. The van der Waals surface area contributed by atoms with Crippen LogP contribution in [0.15, 0.2) is 18.2 Å². The highest BCUT2D eigenvalue weighted by Gasteiger charge is 2.24. The van der Waals surface area contributed by atoms with Crippen LogP contribution in [-0.4, -0.2) is 46.4 Å². The number of rotatable bonds is 3. The van der Waals surface area contributed by atoms with Crippen LogP contribution in [0.2, 0.25) is 0 Å². The molecule has 1 saturated heterocycles. The van der Waals surface area contributed by atoms with Gasteiger partial charge >= 0.3 is 0 Å². The Morgan fingerprint density at radius 2 is 2.00 bits per heavy atom. The van der Waals surface area contributed by atoms with Gasteiger partial charge in [-0.2, -0.15) is 0 Å². The van der Waals surface area contributed by atoms with E-state index in [2.05, 4.69) is 33.4 Å². The molecule has 1 fully saturated rings. The van der Waals surface area contributed by atoms with Crippen molar-refractivity contribution >= 4 is 5.82 Å². The highest BCUT2D eigenvalue weighted by molar-refractivity contribution is 5.73. The summed E-state index contributed by atoms with van der Waals surface area (Å²) >= 11 is 0. The SMILES string of the molecule is C#Cc1ccc(-c2nnc(NC3CCCN(C)C3)c3c2CCCC3)c(O)c1. The molecule has 1 aromatic carbocycles. The van der Waals surface area contributed by atoms with Crippen molar-refractivity contribution in [2.75, 3.05) is 25.5 Å². The van der Waals surface area contributed by atoms with Crippen molar-refractivity contribution in [2.45, 2.75) is 44.6 Å². The smallest absolute Gasteiger partial charge is 0.152 e. The second-order valence-corrected chi connectivity index (χ2v) is 7.68. The fourth-order valence-corrected chi connectivity index (χ4v) is 4.28. The molecule has 0 radical (unpaired) electrons. The van der Waals surface area contributed by atoms with Crippen LogP contribution in [0.5, 0.6) is 5.75 Å². The molecule has 1 aliphatic carbocycles. The lowest BCUT2D eigenvalue weighted by molar-refractivity contribution is 0.260. The van der Waals surface area contributed by atoms with Gasteiger partial charge in [0.1, 0.15) is 11.4 Å². The first-order valence-corrected chi connectivity index (χ1v) is 9.79. The number of nitrogens with one attached hydrogen (secondary N) is 1. The number of hydrogen-bond acceptors (Lipinski definition) is 5. The largest absolute Gasteiger partial charge is 0.507 e. The van der Waals surface area contributed by atoms with E-state index in [0.29, 0.717) is 17.2 Å². The Kier molecular flexibility index (Phi) is 5.00. The van der Waals surface area contributed by atoms with E-state index >= 15 is 0 Å². The third kappa shape index (κ3) is 3.63. The molecule has 0 amide bonds. The fourth-order valence-electron chi connectivity index (χ4n) is 4.28. The molecule has 1 aliphatic heterocycles. The number of nitrogens with zero attached hydrogens (tertiary/aromatic N) is 3. The van der Waals surface area contributed by atoms with Crippen LogP contribution in [0.4, 0.5) is 5.82 Å². The average Bonchev–Trinajstić information content (AvgIpc) is 2.68. The molecule has 5 nitrogen and oxygen atoms in total. The van der Waals surface area contributed by atoms with Gasteiger partial charge in [0.05, 0.1) is 0 Å². The molecule has 1 atom stereocenters. The average molecular weight is 362 g/mol. The third-order valence-electron chi connectivity index (χ3n) is 5.67. The summed E-state index contributed by atoms with van der Waals surface area (Å²) < 4.78 is 0. The molecule has 1 aromatic heterocycles. The molecule has 140 valence electrons. The molecule has 2 aliphatic rings. The van der Waals surface area contributed by atoms with Crippen LogP contribution in [0.3, 0.4) is 0 Å². The molecule has 0 spiro atoms. The van der Waals surface area contributed by atoms with Crippen molar-refractivity contribution in [1.29, 1.82) is 0 Å². The van der Waals surface area contributed by atoms with Gasteiger partial charge in [0, 0.05) is 29.3 Å². The molecule has 2 aromatic rings. The summed E-state index contributed by atoms with van der Waals surface area (Å²) in [6, 6.07) is 5.73. The summed E-state index contributed by atoms with van der Waals surface area (Å²) in [4.78, 5) is 2.36. The molecule has 5 heteroatoms. The van der Waals surface area contributed by atoms with Crippen molar-refractivity contribution in [2.24, 2.45) is 0 Å². The van der Waals surface area contributed by atoms with Crippen LogP contribution in [0, 0.1) is 12.3 Å². The van der Waals surface area contributed by atoms with Gasteiger partial charge in [0.25, 0.3) is 0 Å². The molecule has 4 rings (SSSR count). The number of phenols is 1. The molecule has 2 heterocycles. The lowest BCUT2D eigenvalue weighted by Crippen LogP contribution is -2.40. The number of aromatic hydroxyl groups is 1. The van der Waals surface area contributed by atoms with Gasteiger partial charge in [-0.25, -0.2) is 0 Å². The Morgan fingerprint density at radius 3 is 2.74 bits per heavy atom. The monoisotopic (exact) mass is 362 g/mol. The van der Waals surface area contributed by atoms with Crippen molar-refractivity contribution < 1.29 is 5.11 Å². The van der Waals surface area contributed by atoms with E-state index in [1.54, 1.807) is 6.07 Å². The summed E-state index contributed by atoms with van der Waals surface area (Å²) in [6.07, 6.45) is 12.1. The van der Waals surface area contributed by atoms with E-state index in [4.69, 9.17) is 6.42 Å². The maximum absolute atomic E-state index is 10.5. The van der Waals surface area contributed by atoms with Crippen molar-refractivity contribution in [3.63, 3.8) is 0 Å². The van der Waals surface area contributed by atoms with Gasteiger partial charge in [-0.05, 0) is 75.9 Å². The van der Waals surface area contributed by atoms with Crippen molar-refractivity contribution in [1.82, 2.24) is 15.1 Å². The number of benzene rings is 1. The predicted octanol–water partition coefficient (Wildman–Crippen LogP) is 3.22. The number of hydrogen-bond donors (Lipinski definition) is 2. The molecule has 0 saturated carbocycles. The van der Waals surface area contributed by atoms with Crippen LogP contribution < -0.4 is 5.32 Å². The predicted molar refractivity (Wildman–Crippen MR) is 108 cm³/mol. The number of likely N-dealkylation sites (tertiary alicyclic amines) is 1. The van der Waals surface area contributed by atoms with Gasteiger partial charge in [-0.15, -0.1) is 16.6 Å². The number of likely N-dealkylation sites (N-methyl/N-ethyl adjacent to an activating group) is 1. The maximum atomic E-state index is 10.5. The van der Waals surface area contributed by atoms with Crippen molar-refractivity contribution in [3.05, 3.63) is 34.9 Å². The third-order valence-corrected chi connectivity index (χ3v) is 5.67. The van der Waals surface area contributed by atoms with E-state index in [1.807, 2.05) is 12.1 Å². The van der Waals surface area contributed by atoms with E-state index < -0.39 is 0 Å². The Bertz CT molecular complexity index is 887. The summed E-state index contributed by atoms with van der Waals surface area (Å²) in [5, 5.41) is 23.2. The Morgan fingerprint density at radius 1 is 1.19 bits per heavy atom.